The predicted octanol–water partition coefficient (Wildman–Crippen LogP) is 12.5. The van der Waals surface area contributed by atoms with E-state index >= 15 is 0 Å². The maximum absolute atomic E-state index is 7.14. The van der Waals surface area contributed by atoms with Crippen molar-refractivity contribution in [2.75, 3.05) is 0 Å². The van der Waals surface area contributed by atoms with Gasteiger partial charge in [-0.2, -0.15) is 0 Å². The molecule has 5 aromatic carbocycles. The van der Waals surface area contributed by atoms with E-state index in [1.54, 1.807) is 0 Å². The molecule has 2 aromatic heterocycles. The van der Waals surface area contributed by atoms with Crippen molar-refractivity contribution < 1.29 is 9.47 Å². The first-order valence-electron chi connectivity index (χ1n) is 19.9. The highest BCUT2D eigenvalue weighted by molar-refractivity contribution is 6.12. The Balaban J connectivity index is 1.11. The number of rotatable bonds is 3. The number of nitrogens with zero attached hydrogens (tertiary/aromatic N) is 3. The fourth-order valence-electron chi connectivity index (χ4n) is 9.79. The number of pyridine rings is 1. The third-order valence-corrected chi connectivity index (χ3v) is 13.3. The van der Waals surface area contributed by atoms with Crippen LogP contribution < -0.4 is 4.74 Å². The van der Waals surface area contributed by atoms with Crippen LogP contribution in [0, 0.1) is 20.8 Å². The Kier molecular flexibility index (Phi) is 7.11. The summed E-state index contributed by atoms with van der Waals surface area (Å²) in [6.07, 6.45) is 2.68. The zero-order chi connectivity index (χ0) is 39.1. The van der Waals surface area contributed by atoms with Crippen molar-refractivity contribution in [1.82, 2.24) is 9.55 Å². The van der Waals surface area contributed by atoms with Gasteiger partial charge in [-0.3, -0.25) is 4.57 Å². The molecule has 2 aliphatic heterocycles. The number of aliphatic imine (C=N–C) groups is 1. The second kappa shape index (κ2) is 11.4. The van der Waals surface area contributed by atoms with Crippen LogP contribution in [-0.2, 0) is 27.6 Å². The average Bonchev–Trinajstić information content (AvgIpc) is 3.59. The van der Waals surface area contributed by atoms with Gasteiger partial charge in [0, 0.05) is 51.6 Å². The van der Waals surface area contributed by atoms with E-state index in [9.17, 15) is 0 Å². The van der Waals surface area contributed by atoms with Crippen LogP contribution in [-0.4, -0.2) is 21.0 Å². The van der Waals surface area contributed by atoms with Crippen molar-refractivity contribution in [2.45, 2.75) is 97.6 Å². The summed E-state index contributed by atoms with van der Waals surface area (Å²) in [5, 5.41) is 2.47. The largest absolute Gasteiger partial charge is 0.464 e. The van der Waals surface area contributed by atoms with Gasteiger partial charge in [0.15, 0.2) is 5.60 Å². The van der Waals surface area contributed by atoms with Gasteiger partial charge < -0.3 is 9.47 Å². The van der Waals surface area contributed by atoms with Gasteiger partial charge in [0.2, 0.25) is 5.90 Å². The van der Waals surface area contributed by atoms with E-state index in [0.29, 0.717) is 5.90 Å². The van der Waals surface area contributed by atoms with E-state index in [2.05, 4.69) is 171 Å². The third kappa shape index (κ3) is 4.73. The van der Waals surface area contributed by atoms with Gasteiger partial charge >= 0.3 is 0 Å². The average molecular weight is 736 g/mol. The van der Waals surface area contributed by atoms with Crippen molar-refractivity contribution in [3.63, 3.8) is 0 Å². The van der Waals surface area contributed by atoms with Crippen LogP contribution in [0.3, 0.4) is 0 Å². The Morgan fingerprint density at radius 2 is 1.38 bits per heavy atom. The predicted molar refractivity (Wildman–Crippen MR) is 229 cm³/mol. The summed E-state index contributed by atoms with van der Waals surface area (Å²) in [7, 11) is 0. The number of hydrogen-bond donors (Lipinski definition) is 0. The lowest BCUT2D eigenvalue weighted by molar-refractivity contribution is 0.0320. The van der Waals surface area contributed by atoms with Gasteiger partial charge in [0.25, 0.3) is 0 Å². The lowest BCUT2D eigenvalue weighted by Gasteiger charge is -2.37. The molecule has 56 heavy (non-hydrogen) atoms. The second-order valence-electron chi connectivity index (χ2n) is 18.4. The molecule has 5 heteroatoms. The van der Waals surface area contributed by atoms with Crippen molar-refractivity contribution in [3.8, 4) is 28.4 Å². The van der Waals surface area contributed by atoms with Gasteiger partial charge in [-0.1, -0.05) is 101 Å². The molecule has 10 rings (SSSR count). The first-order valence-corrected chi connectivity index (χ1v) is 19.9. The SMILES string of the molecule is Cc1cc(C)c(C2=N[C@]3(C)Cc4ccccc4-c4ccccc4[C@]3(C)O2)cc1Oc1cc2c(cc1C)c1cc(C(C)(C)C)cc3c1n2-c1ncccc1C3(C)C. The summed E-state index contributed by atoms with van der Waals surface area (Å²) < 4.78 is 16.5. The van der Waals surface area contributed by atoms with Crippen molar-refractivity contribution >= 4 is 27.7 Å². The van der Waals surface area contributed by atoms with Gasteiger partial charge in [0.05, 0.1) is 11.0 Å². The van der Waals surface area contributed by atoms with Crippen LogP contribution in [0.4, 0.5) is 0 Å². The molecule has 0 fully saturated rings. The minimum Gasteiger partial charge on any atom is -0.464 e. The minimum absolute atomic E-state index is 0.00374. The van der Waals surface area contributed by atoms with E-state index in [1.807, 2.05) is 6.20 Å². The van der Waals surface area contributed by atoms with Gasteiger partial charge in [-0.15, -0.1) is 0 Å². The zero-order valence-electron chi connectivity index (χ0n) is 34.2. The van der Waals surface area contributed by atoms with Gasteiger partial charge in [0.1, 0.15) is 22.9 Å². The standard InChI is InChI=1S/C51H49N3O2/c1-29-22-30(2)43(26-36(29)47-53-50(9)28-32-16-11-12-17-34(32)35-18-13-14-19-39(35)51(50,10)56-47)55-44-27-42-37(23-31(44)3)38-24-33(48(4,5)6)25-41-45(38)54(42)46-40(49(41,7)8)20-15-21-52-46/h11-27H,28H2,1-10H3/t50-,51+/m1/s1. The summed E-state index contributed by atoms with van der Waals surface area (Å²) in [6.45, 7) is 22.5. The number of fused-ring (bicyclic) bond motifs is 10. The van der Waals surface area contributed by atoms with Crippen LogP contribution in [0.2, 0.25) is 0 Å². The van der Waals surface area contributed by atoms with E-state index in [1.165, 1.54) is 49.7 Å². The molecule has 0 radical (unpaired) electrons. The molecule has 1 aliphatic carbocycles. The Morgan fingerprint density at radius 1 is 0.679 bits per heavy atom. The molecular formula is C51H49N3O2. The smallest absolute Gasteiger partial charge is 0.218 e. The molecule has 3 aliphatic rings. The Bertz CT molecular complexity index is 2870. The quantitative estimate of drug-likeness (QED) is 0.182. The van der Waals surface area contributed by atoms with E-state index < -0.39 is 11.1 Å². The van der Waals surface area contributed by atoms with Crippen molar-refractivity contribution in [3.05, 3.63) is 153 Å². The topological polar surface area (TPSA) is 48.6 Å². The van der Waals surface area contributed by atoms with Gasteiger partial charge in [-0.05, 0) is 109 Å². The molecule has 0 saturated heterocycles. The van der Waals surface area contributed by atoms with E-state index in [0.717, 1.165) is 57.1 Å². The zero-order valence-corrected chi connectivity index (χ0v) is 34.2. The molecule has 0 amide bonds. The highest BCUT2D eigenvalue weighted by Gasteiger charge is 2.56. The van der Waals surface area contributed by atoms with Crippen LogP contribution in [0.5, 0.6) is 11.5 Å². The monoisotopic (exact) mass is 735 g/mol. The van der Waals surface area contributed by atoms with Crippen molar-refractivity contribution in [2.24, 2.45) is 4.99 Å². The number of aryl methyl sites for hydroxylation is 3. The Hall–Kier alpha value is -5.68. The molecule has 0 saturated carbocycles. The third-order valence-electron chi connectivity index (χ3n) is 13.3. The fraction of sp³-hybridized carbons (Fsp3) is 0.294. The first-order chi connectivity index (χ1) is 26.6. The molecular weight excluding hydrogens is 687 g/mol. The molecule has 280 valence electrons. The number of ether oxygens (including phenoxy) is 2. The highest BCUT2D eigenvalue weighted by Crippen LogP contribution is 2.54. The highest BCUT2D eigenvalue weighted by atomic mass is 16.5. The summed E-state index contributed by atoms with van der Waals surface area (Å²) in [4.78, 5) is 10.5. The number of benzene rings is 5. The summed E-state index contributed by atoms with van der Waals surface area (Å²) >= 11 is 0. The van der Waals surface area contributed by atoms with Crippen LogP contribution >= 0.6 is 0 Å². The van der Waals surface area contributed by atoms with E-state index in [4.69, 9.17) is 19.5 Å². The van der Waals surface area contributed by atoms with Crippen LogP contribution in [0.1, 0.15) is 98.5 Å². The van der Waals surface area contributed by atoms with Crippen molar-refractivity contribution in [1.29, 1.82) is 0 Å². The first kappa shape index (κ1) is 34.8. The summed E-state index contributed by atoms with van der Waals surface area (Å²) in [5.74, 6) is 3.25. The summed E-state index contributed by atoms with van der Waals surface area (Å²) in [6, 6.07) is 35.4. The molecule has 0 N–H and O–H groups in total. The molecule has 0 spiro atoms. The van der Waals surface area contributed by atoms with E-state index in [-0.39, 0.29) is 10.8 Å². The second-order valence-corrected chi connectivity index (χ2v) is 18.4. The molecule has 5 nitrogen and oxygen atoms in total. The number of aromatic nitrogens is 2. The molecule has 2 atom stereocenters. The Morgan fingerprint density at radius 3 is 2.16 bits per heavy atom. The normalized spacial score (nSPS) is 20.4. The summed E-state index contributed by atoms with van der Waals surface area (Å²) in [5.41, 5.74) is 13.9. The lowest BCUT2D eigenvalue weighted by Crippen LogP contribution is -2.45. The molecule has 7 aromatic rings. The Labute approximate surface area is 330 Å². The molecule has 4 heterocycles. The number of hydrogen-bond acceptors (Lipinski definition) is 4. The molecule has 0 bridgehead atoms. The maximum Gasteiger partial charge on any atom is 0.218 e. The van der Waals surface area contributed by atoms with Crippen LogP contribution in [0.25, 0.3) is 38.8 Å². The fourth-order valence-corrected chi connectivity index (χ4v) is 9.79. The maximum atomic E-state index is 7.14. The van der Waals surface area contributed by atoms with Crippen LogP contribution in [0.15, 0.2) is 108 Å². The minimum atomic E-state index is -0.666. The molecule has 0 unspecified atom stereocenters. The lowest BCUT2D eigenvalue weighted by atomic mass is 9.73. The van der Waals surface area contributed by atoms with Gasteiger partial charge in [-0.25, -0.2) is 9.98 Å².